The van der Waals surface area contributed by atoms with Crippen LogP contribution in [0.25, 0.3) is 0 Å². The Morgan fingerprint density at radius 2 is 1.80 bits per heavy atom. The smallest absolute Gasteiger partial charge is 0.240 e. The number of carbonyl (C=O) groups excluding carboxylic acids is 2. The van der Waals surface area contributed by atoms with Crippen LogP contribution in [-0.2, 0) is 20.9 Å². The van der Waals surface area contributed by atoms with Gasteiger partial charge in [0.1, 0.15) is 0 Å². The minimum atomic E-state index is -0.733. The molecule has 1 heterocycles. The molecule has 170 valence electrons. The molecule has 2 fully saturated rings. The van der Waals surface area contributed by atoms with E-state index in [0.29, 0.717) is 13.0 Å². The van der Waals surface area contributed by atoms with Crippen molar-refractivity contribution in [3.8, 4) is 0 Å². The standard InChI is InChI=1S/C21H32N4O3.2ClH/c22-21(8-2-1-3-9-21)20(27)23-16-17-5-4-6-18(15-17)24-19(26)7-10-25-11-13-28-14-12-25;;/h4-6,15H,1-3,7-14,16,22H2,(H,23,27)(H,24,26);2*1H. The number of rotatable bonds is 7. The summed E-state index contributed by atoms with van der Waals surface area (Å²) in [6.07, 6.45) is 5.12. The van der Waals surface area contributed by atoms with E-state index in [9.17, 15) is 9.59 Å². The predicted molar refractivity (Wildman–Crippen MR) is 123 cm³/mol. The lowest BCUT2D eigenvalue weighted by Gasteiger charge is -2.31. The van der Waals surface area contributed by atoms with Gasteiger partial charge in [0.25, 0.3) is 0 Å². The van der Waals surface area contributed by atoms with Crippen molar-refractivity contribution >= 4 is 42.3 Å². The number of hydrogen-bond donors (Lipinski definition) is 3. The Balaban J connectivity index is 0.00000225. The molecule has 4 N–H and O–H groups in total. The van der Waals surface area contributed by atoms with Crippen molar-refractivity contribution in [1.82, 2.24) is 10.2 Å². The Morgan fingerprint density at radius 3 is 2.50 bits per heavy atom. The monoisotopic (exact) mass is 460 g/mol. The van der Waals surface area contributed by atoms with Gasteiger partial charge in [-0.15, -0.1) is 24.8 Å². The Labute approximate surface area is 191 Å². The van der Waals surface area contributed by atoms with E-state index in [4.69, 9.17) is 10.5 Å². The highest BCUT2D eigenvalue weighted by atomic mass is 35.5. The van der Waals surface area contributed by atoms with Gasteiger partial charge in [-0.25, -0.2) is 0 Å². The molecule has 0 aromatic heterocycles. The number of carbonyl (C=O) groups is 2. The first-order valence-electron chi connectivity index (χ1n) is 10.3. The molecule has 1 aromatic rings. The fourth-order valence-electron chi connectivity index (χ4n) is 3.84. The number of nitrogens with two attached hydrogens (primary N) is 1. The molecule has 0 bridgehead atoms. The average molecular weight is 461 g/mol. The van der Waals surface area contributed by atoms with Gasteiger partial charge >= 0.3 is 0 Å². The second kappa shape index (κ2) is 13.1. The number of morpholine rings is 1. The first-order chi connectivity index (χ1) is 13.5. The van der Waals surface area contributed by atoms with E-state index in [1.165, 1.54) is 0 Å². The molecular weight excluding hydrogens is 427 g/mol. The maximum Gasteiger partial charge on any atom is 0.240 e. The van der Waals surface area contributed by atoms with Crippen LogP contribution in [0.1, 0.15) is 44.1 Å². The van der Waals surface area contributed by atoms with Gasteiger partial charge in [-0.3, -0.25) is 14.5 Å². The highest BCUT2D eigenvalue weighted by molar-refractivity contribution is 5.91. The van der Waals surface area contributed by atoms with Crippen LogP contribution in [0, 0.1) is 0 Å². The largest absolute Gasteiger partial charge is 0.379 e. The van der Waals surface area contributed by atoms with Crippen molar-refractivity contribution in [2.75, 3.05) is 38.2 Å². The van der Waals surface area contributed by atoms with Gasteiger partial charge in [-0.1, -0.05) is 31.4 Å². The number of amides is 2. The first-order valence-corrected chi connectivity index (χ1v) is 10.3. The minimum absolute atomic E-state index is 0. The van der Waals surface area contributed by atoms with Gasteiger partial charge in [0.15, 0.2) is 0 Å². The van der Waals surface area contributed by atoms with Gasteiger partial charge in [0.2, 0.25) is 11.8 Å². The number of halogens is 2. The molecule has 1 aliphatic carbocycles. The van der Waals surface area contributed by atoms with Gasteiger partial charge in [-0.2, -0.15) is 0 Å². The second-order valence-electron chi connectivity index (χ2n) is 7.85. The van der Waals surface area contributed by atoms with Crippen LogP contribution in [0.5, 0.6) is 0 Å². The summed E-state index contributed by atoms with van der Waals surface area (Å²) in [5.74, 6) is -0.0806. The van der Waals surface area contributed by atoms with Crippen LogP contribution in [-0.4, -0.2) is 55.1 Å². The summed E-state index contributed by atoms with van der Waals surface area (Å²) in [5.41, 5.74) is 7.24. The number of nitrogens with zero attached hydrogens (tertiary/aromatic N) is 1. The zero-order valence-corrected chi connectivity index (χ0v) is 19.0. The van der Waals surface area contributed by atoms with Crippen molar-refractivity contribution in [3.63, 3.8) is 0 Å². The highest BCUT2D eigenvalue weighted by Crippen LogP contribution is 2.26. The number of benzene rings is 1. The van der Waals surface area contributed by atoms with Crippen molar-refractivity contribution < 1.29 is 14.3 Å². The van der Waals surface area contributed by atoms with Gasteiger partial charge < -0.3 is 21.1 Å². The molecule has 0 unspecified atom stereocenters. The Morgan fingerprint density at radius 1 is 1.10 bits per heavy atom. The summed E-state index contributed by atoms with van der Waals surface area (Å²) in [6, 6.07) is 7.59. The molecule has 0 spiro atoms. The van der Waals surface area contributed by atoms with E-state index in [-0.39, 0.29) is 36.6 Å². The zero-order valence-electron chi connectivity index (χ0n) is 17.4. The summed E-state index contributed by atoms with van der Waals surface area (Å²) in [7, 11) is 0. The lowest BCUT2D eigenvalue weighted by molar-refractivity contribution is -0.127. The summed E-state index contributed by atoms with van der Waals surface area (Å²) in [5, 5.41) is 5.91. The lowest BCUT2D eigenvalue weighted by atomic mass is 9.82. The second-order valence-corrected chi connectivity index (χ2v) is 7.85. The van der Waals surface area contributed by atoms with Crippen molar-refractivity contribution in [2.45, 2.75) is 50.6 Å². The minimum Gasteiger partial charge on any atom is -0.379 e. The van der Waals surface area contributed by atoms with Crippen molar-refractivity contribution in [1.29, 1.82) is 0 Å². The zero-order chi connectivity index (χ0) is 19.8. The molecule has 3 rings (SSSR count). The van der Waals surface area contributed by atoms with E-state index in [2.05, 4.69) is 15.5 Å². The van der Waals surface area contributed by atoms with Gasteiger partial charge in [0, 0.05) is 38.3 Å². The average Bonchev–Trinajstić information content (AvgIpc) is 2.72. The van der Waals surface area contributed by atoms with Crippen LogP contribution in [0.2, 0.25) is 0 Å². The van der Waals surface area contributed by atoms with Crippen LogP contribution < -0.4 is 16.4 Å². The maximum absolute atomic E-state index is 12.5. The molecule has 1 aliphatic heterocycles. The molecular formula is C21H34Cl2N4O3. The summed E-state index contributed by atoms with van der Waals surface area (Å²) in [6.45, 7) is 4.38. The Hall–Kier alpha value is -1.38. The molecule has 2 amide bonds. The summed E-state index contributed by atoms with van der Waals surface area (Å²) in [4.78, 5) is 26.9. The SMILES string of the molecule is Cl.Cl.NC1(C(=O)NCc2cccc(NC(=O)CCN3CCOCC3)c2)CCCCC1. The topological polar surface area (TPSA) is 96.7 Å². The molecule has 1 saturated heterocycles. The van der Waals surface area contributed by atoms with Crippen molar-refractivity contribution in [2.24, 2.45) is 5.73 Å². The molecule has 7 nitrogen and oxygen atoms in total. The fraction of sp³-hybridized carbons (Fsp3) is 0.619. The fourth-order valence-corrected chi connectivity index (χ4v) is 3.84. The van der Waals surface area contributed by atoms with Crippen LogP contribution in [0.15, 0.2) is 24.3 Å². The molecule has 9 heteroatoms. The predicted octanol–water partition coefficient (Wildman–Crippen LogP) is 2.47. The lowest BCUT2D eigenvalue weighted by Crippen LogP contribution is -2.54. The number of nitrogens with one attached hydrogen (secondary N) is 2. The maximum atomic E-state index is 12.5. The number of anilines is 1. The molecule has 30 heavy (non-hydrogen) atoms. The number of hydrogen-bond acceptors (Lipinski definition) is 5. The third-order valence-corrected chi connectivity index (χ3v) is 5.62. The molecule has 2 aliphatic rings. The van der Waals surface area contributed by atoms with Crippen LogP contribution >= 0.6 is 24.8 Å². The quantitative estimate of drug-likeness (QED) is 0.580. The van der Waals surface area contributed by atoms with E-state index in [1.807, 2.05) is 24.3 Å². The number of ether oxygens (including phenoxy) is 1. The van der Waals surface area contributed by atoms with E-state index < -0.39 is 5.54 Å². The summed E-state index contributed by atoms with van der Waals surface area (Å²) >= 11 is 0. The Kier molecular flexibility index (Phi) is 11.7. The van der Waals surface area contributed by atoms with Crippen LogP contribution in [0.4, 0.5) is 5.69 Å². The van der Waals surface area contributed by atoms with Crippen molar-refractivity contribution in [3.05, 3.63) is 29.8 Å². The first kappa shape index (κ1) is 26.7. The summed E-state index contributed by atoms with van der Waals surface area (Å²) < 4.78 is 5.32. The molecule has 0 atom stereocenters. The van der Waals surface area contributed by atoms with E-state index in [1.54, 1.807) is 0 Å². The highest BCUT2D eigenvalue weighted by Gasteiger charge is 2.34. The van der Waals surface area contributed by atoms with Gasteiger partial charge in [0.05, 0.1) is 18.8 Å². The third kappa shape index (κ3) is 8.04. The Bertz CT molecular complexity index is 678. The van der Waals surface area contributed by atoms with E-state index in [0.717, 1.165) is 76.2 Å². The molecule has 1 saturated carbocycles. The van der Waals surface area contributed by atoms with E-state index >= 15 is 0 Å². The molecule has 1 aromatic carbocycles. The third-order valence-electron chi connectivity index (χ3n) is 5.62. The van der Waals surface area contributed by atoms with Gasteiger partial charge in [-0.05, 0) is 30.5 Å². The van der Waals surface area contributed by atoms with Crippen LogP contribution in [0.3, 0.4) is 0 Å². The normalized spacial score (nSPS) is 18.4. The molecule has 0 radical (unpaired) electrons.